The van der Waals surface area contributed by atoms with Crippen LogP contribution in [-0.4, -0.2) is 15.3 Å². The molecule has 2 aromatic carbocycles. The maximum atomic E-state index is 11.1. The Hall–Kier alpha value is -2.81. The number of rotatable bonds is 6. The maximum absolute atomic E-state index is 11.1. The first kappa shape index (κ1) is 22.9. The Morgan fingerprint density at radius 2 is 1.74 bits per heavy atom. The molecule has 0 bridgehead atoms. The lowest BCUT2D eigenvalue weighted by Crippen LogP contribution is -2.99. The lowest BCUT2D eigenvalue weighted by atomic mass is 10.1. The zero-order valence-electron chi connectivity index (χ0n) is 17.0. The van der Waals surface area contributed by atoms with Crippen LogP contribution < -0.4 is 15.1 Å². The summed E-state index contributed by atoms with van der Waals surface area (Å²) in [5, 5.41) is 34.0. The number of nitrogens with zero attached hydrogens (tertiary/aromatic N) is 1. The van der Waals surface area contributed by atoms with Crippen molar-refractivity contribution in [3.05, 3.63) is 94.4 Å². The molecule has 0 aliphatic carbocycles. The molecule has 1 atom stereocenters. The number of pyridine rings is 1. The molecule has 0 spiro atoms. The Labute approximate surface area is 191 Å². The van der Waals surface area contributed by atoms with Gasteiger partial charge in [0.05, 0.1) is 0 Å². The minimum atomic E-state index is -1.04. The number of nitrogens with one attached hydrogen (secondary N) is 2. The summed E-state index contributed by atoms with van der Waals surface area (Å²) in [5.41, 5.74) is 2.76. The van der Waals surface area contributed by atoms with Gasteiger partial charge in [0.1, 0.15) is 0 Å². The summed E-state index contributed by atoms with van der Waals surface area (Å²) in [4.78, 5) is 0.282. The lowest BCUT2D eigenvalue weighted by Gasteiger charge is -2.13. The van der Waals surface area contributed by atoms with E-state index >= 15 is 0 Å². The van der Waals surface area contributed by atoms with Crippen LogP contribution in [0.3, 0.4) is 0 Å². The van der Waals surface area contributed by atoms with E-state index in [2.05, 4.69) is 19.2 Å². The van der Waals surface area contributed by atoms with Gasteiger partial charge in [0.2, 0.25) is 0 Å². The molecule has 0 saturated carbocycles. The van der Waals surface area contributed by atoms with Crippen molar-refractivity contribution in [3.63, 3.8) is 0 Å². The fourth-order valence-corrected chi connectivity index (χ4v) is 3.49. The Kier molecular flexibility index (Phi) is 7.37. The highest BCUT2D eigenvalue weighted by Crippen LogP contribution is 2.22. The fourth-order valence-electron chi connectivity index (χ4n) is 2.98. The number of hydrogen-bond donors (Lipinski definition) is 4. The van der Waals surface area contributed by atoms with Gasteiger partial charge in [0, 0.05) is 40.5 Å². The van der Waals surface area contributed by atoms with Crippen LogP contribution in [0.25, 0.3) is 11.5 Å². The number of quaternary nitrogens is 1. The second-order valence-corrected chi connectivity index (χ2v) is 8.08. The molecule has 1 heterocycles. The molecule has 1 aromatic heterocycles. The standard InChI is InChI=1S/C23H22ClN3O3S/c1-15(2)16-10-12-26(13-11-16)21(23(31)25-19-5-3-4-18(24)14-19)22(28)17-6-8-20(9-7-17)27(29)30/h3-15,27,29H,1-2H3,(H-,25,28,31)/p+1. The third-order valence-electron chi connectivity index (χ3n) is 4.71. The van der Waals surface area contributed by atoms with E-state index in [9.17, 15) is 10.3 Å². The minimum Gasteiger partial charge on any atom is -0.595 e. The van der Waals surface area contributed by atoms with Crippen LogP contribution in [0.1, 0.15) is 30.9 Å². The number of hydrogen-bond acceptors (Lipinski definition) is 4. The summed E-state index contributed by atoms with van der Waals surface area (Å²) in [6.07, 6.45) is 3.66. The molecule has 0 amide bonds. The lowest BCUT2D eigenvalue weighted by molar-refractivity contribution is -0.991. The highest BCUT2D eigenvalue weighted by Gasteiger charge is 2.24. The first-order chi connectivity index (χ1) is 14.8. The average Bonchev–Trinajstić information content (AvgIpc) is 2.74. The summed E-state index contributed by atoms with van der Waals surface area (Å²) in [6, 6.07) is 17.0. The predicted molar refractivity (Wildman–Crippen MR) is 126 cm³/mol. The topological polar surface area (TPSA) is 83.9 Å². The van der Waals surface area contributed by atoms with Crippen LogP contribution >= 0.6 is 23.8 Å². The van der Waals surface area contributed by atoms with E-state index in [-0.39, 0.29) is 16.4 Å². The number of halogens is 1. The number of aliphatic hydroxyl groups excluding tert-OH is 1. The van der Waals surface area contributed by atoms with Gasteiger partial charge in [-0.1, -0.05) is 43.7 Å². The number of thiocarbonyl (C=S) groups is 1. The monoisotopic (exact) mass is 456 g/mol. The van der Waals surface area contributed by atoms with Gasteiger partial charge >= 0.3 is 0 Å². The highest BCUT2D eigenvalue weighted by atomic mass is 35.5. The van der Waals surface area contributed by atoms with E-state index in [0.717, 1.165) is 5.56 Å². The maximum Gasteiger partial charge on any atom is 0.288 e. The smallest absolute Gasteiger partial charge is 0.288 e. The largest absolute Gasteiger partial charge is 0.595 e. The molecule has 0 aliphatic heterocycles. The predicted octanol–water partition coefficient (Wildman–Crippen LogP) is 4.48. The third kappa shape index (κ3) is 5.66. The van der Waals surface area contributed by atoms with E-state index in [1.165, 1.54) is 12.1 Å². The van der Waals surface area contributed by atoms with E-state index < -0.39 is 5.23 Å². The molecule has 3 rings (SSSR count). The summed E-state index contributed by atoms with van der Waals surface area (Å²) in [6.45, 7) is 4.20. The van der Waals surface area contributed by atoms with Gasteiger partial charge in [-0.15, -0.1) is 0 Å². The highest BCUT2D eigenvalue weighted by molar-refractivity contribution is 7.81. The molecule has 0 aliphatic rings. The molecular weight excluding hydrogens is 434 g/mol. The fraction of sp³-hybridized carbons (Fsp3) is 0.130. The van der Waals surface area contributed by atoms with Crippen molar-refractivity contribution in [2.45, 2.75) is 19.8 Å². The molecule has 4 N–H and O–H groups in total. The van der Waals surface area contributed by atoms with Crippen LogP contribution in [0.4, 0.5) is 11.4 Å². The molecular formula is C23H23ClN3O3S+. The first-order valence-corrected chi connectivity index (χ1v) is 10.4. The molecule has 0 saturated heterocycles. The van der Waals surface area contributed by atoms with E-state index in [4.69, 9.17) is 29.0 Å². The zero-order valence-corrected chi connectivity index (χ0v) is 18.6. The second kappa shape index (κ2) is 10.00. The second-order valence-electron chi connectivity index (χ2n) is 7.24. The number of benzene rings is 2. The number of aromatic nitrogens is 1. The number of anilines is 1. The molecule has 31 heavy (non-hydrogen) atoms. The van der Waals surface area contributed by atoms with Crippen molar-refractivity contribution in [2.75, 3.05) is 5.32 Å². The molecule has 8 heteroatoms. The van der Waals surface area contributed by atoms with Crippen molar-refractivity contribution in [3.8, 4) is 0 Å². The van der Waals surface area contributed by atoms with E-state index in [0.29, 0.717) is 27.9 Å². The van der Waals surface area contributed by atoms with Gasteiger partial charge in [0.25, 0.3) is 5.70 Å². The van der Waals surface area contributed by atoms with Crippen molar-refractivity contribution in [1.29, 1.82) is 0 Å². The van der Waals surface area contributed by atoms with Crippen LogP contribution in [0.2, 0.25) is 5.02 Å². The van der Waals surface area contributed by atoms with Crippen LogP contribution in [0, 0.1) is 5.21 Å². The molecule has 0 radical (unpaired) electrons. The van der Waals surface area contributed by atoms with Crippen molar-refractivity contribution < 1.29 is 20.1 Å². The molecule has 160 valence electrons. The van der Waals surface area contributed by atoms with Crippen molar-refractivity contribution in [1.82, 2.24) is 0 Å². The molecule has 6 nitrogen and oxygen atoms in total. The normalized spacial score (nSPS) is 13.0. The van der Waals surface area contributed by atoms with E-state index in [1.54, 1.807) is 34.9 Å². The van der Waals surface area contributed by atoms with Gasteiger partial charge in [-0.2, -0.15) is 9.79 Å². The van der Waals surface area contributed by atoms with Crippen LogP contribution in [0.15, 0.2) is 73.1 Å². The Bertz CT molecular complexity index is 1100. The van der Waals surface area contributed by atoms with Gasteiger partial charge in [-0.3, -0.25) is 0 Å². The summed E-state index contributed by atoms with van der Waals surface area (Å²) < 4.78 is 1.73. The minimum absolute atomic E-state index is 0.0845. The SMILES string of the molecule is CC(C)c1cc[n+](/C(C(=S)Nc2cccc(Cl)c2)=C(/O)c2ccc([NH+]([O-])O)cc2)cc1. The van der Waals surface area contributed by atoms with E-state index in [1.807, 2.05) is 30.6 Å². The van der Waals surface area contributed by atoms with Gasteiger partial charge in [0.15, 0.2) is 28.8 Å². The Balaban J connectivity index is 2.06. The van der Waals surface area contributed by atoms with Crippen molar-refractivity contribution in [2.24, 2.45) is 0 Å². The number of aliphatic hydroxyl groups is 1. The summed E-state index contributed by atoms with van der Waals surface area (Å²) >= 11 is 11.7. The van der Waals surface area contributed by atoms with Crippen LogP contribution in [-0.2, 0) is 0 Å². The third-order valence-corrected chi connectivity index (χ3v) is 5.24. The Morgan fingerprint density at radius 1 is 1.10 bits per heavy atom. The first-order valence-electron chi connectivity index (χ1n) is 9.61. The average molecular weight is 457 g/mol. The Morgan fingerprint density at radius 3 is 2.29 bits per heavy atom. The van der Waals surface area contributed by atoms with Gasteiger partial charge < -0.3 is 15.6 Å². The van der Waals surface area contributed by atoms with Crippen molar-refractivity contribution >= 4 is 51.6 Å². The quantitative estimate of drug-likeness (QED) is 0.144. The van der Waals surface area contributed by atoms with Gasteiger partial charge in [-0.25, -0.2) is 5.21 Å². The molecule has 0 fully saturated rings. The summed E-state index contributed by atoms with van der Waals surface area (Å²) in [5.74, 6) is 0.273. The zero-order chi connectivity index (χ0) is 22.5. The molecule has 1 unspecified atom stereocenters. The molecule has 3 aromatic rings. The van der Waals surface area contributed by atoms with Gasteiger partial charge in [-0.05, 0) is 41.8 Å². The van der Waals surface area contributed by atoms with Crippen LogP contribution in [0.5, 0.6) is 0 Å². The summed E-state index contributed by atoms with van der Waals surface area (Å²) in [7, 11) is 0.